The third kappa shape index (κ3) is 3.27. The van der Waals surface area contributed by atoms with Gasteiger partial charge >= 0.3 is 0 Å². The van der Waals surface area contributed by atoms with Crippen molar-refractivity contribution in [3.8, 4) is 27.9 Å². The minimum absolute atomic E-state index is 0.883. The highest BCUT2D eigenvalue weighted by atomic mass is 15.0. The van der Waals surface area contributed by atoms with Crippen LogP contribution in [0.15, 0.2) is 128 Å². The molecule has 0 N–H and O–H groups in total. The molecule has 0 spiro atoms. The van der Waals surface area contributed by atoms with Crippen LogP contribution in [0.4, 0.5) is 0 Å². The van der Waals surface area contributed by atoms with Gasteiger partial charge in [-0.15, -0.1) is 0 Å². The summed E-state index contributed by atoms with van der Waals surface area (Å²) < 4.78 is 2.34. The first-order valence-corrected chi connectivity index (χ1v) is 12.9. The minimum Gasteiger partial charge on any atom is -0.309 e. The van der Waals surface area contributed by atoms with E-state index in [9.17, 15) is 0 Å². The van der Waals surface area contributed by atoms with E-state index in [4.69, 9.17) is 9.97 Å². The molecule has 0 bridgehead atoms. The van der Waals surface area contributed by atoms with Crippen LogP contribution in [0.2, 0.25) is 0 Å². The number of para-hydroxylation sites is 2. The fraction of sp³-hybridized carbons (Fsp3) is 0. The van der Waals surface area contributed by atoms with Crippen molar-refractivity contribution in [1.29, 1.82) is 0 Å². The van der Waals surface area contributed by atoms with E-state index in [-0.39, 0.29) is 0 Å². The van der Waals surface area contributed by atoms with E-state index < -0.39 is 0 Å². The smallest absolute Gasteiger partial charge is 0.116 e. The lowest BCUT2D eigenvalue weighted by Crippen LogP contribution is -1.96. The largest absolute Gasteiger partial charge is 0.309 e. The highest BCUT2D eigenvalue weighted by Gasteiger charge is 2.21. The summed E-state index contributed by atoms with van der Waals surface area (Å²) in [5.41, 5.74) is 9.60. The van der Waals surface area contributed by atoms with Crippen molar-refractivity contribution in [2.75, 3.05) is 0 Å². The third-order valence-corrected chi connectivity index (χ3v) is 7.48. The van der Waals surface area contributed by atoms with Gasteiger partial charge in [-0.3, -0.25) is 9.97 Å². The van der Waals surface area contributed by atoms with Crippen molar-refractivity contribution in [3.63, 3.8) is 0 Å². The zero-order chi connectivity index (χ0) is 25.8. The van der Waals surface area contributed by atoms with Crippen molar-refractivity contribution in [3.05, 3.63) is 128 Å². The Kier molecular flexibility index (Phi) is 4.76. The second-order valence-corrected chi connectivity index (χ2v) is 9.59. The van der Waals surface area contributed by atoms with Gasteiger partial charge < -0.3 is 4.57 Å². The molecule has 8 aromatic rings. The molecule has 5 heteroatoms. The van der Waals surface area contributed by atoms with Crippen LogP contribution < -0.4 is 0 Å². The summed E-state index contributed by atoms with van der Waals surface area (Å²) in [4.78, 5) is 18.2. The molecule has 0 atom stereocenters. The maximum atomic E-state index is 4.82. The Bertz CT molecular complexity index is 2170. The lowest BCUT2D eigenvalue weighted by molar-refractivity contribution is 1.18. The quantitative estimate of drug-likeness (QED) is 0.231. The molecule has 0 saturated heterocycles. The van der Waals surface area contributed by atoms with Crippen molar-refractivity contribution >= 4 is 43.6 Å². The highest BCUT2D eigenvalue weighted by Crippen LogP contribution is 2.44. The van der Waals surface area contributed by atoms with E-state index in [1.54, 1.807) is 6.33 Å². The molecule has 5 nitrogen and oxygen atoms in total. The lowest BCUT2D eigenvalue weighted by atomic mass is 9.88. The molecular formula is C34H21N5. The normalized spacial score (nSPS) is 11.6. The van der Waals surface area contributed by atoms with E-state index in [1.165, 1.54) is 16.3 Å². The molecule has 0 radical (unpaired) electrons. The molecule has 0 aliphatic carbocycles. The molecule has 4 heterocycles. The summed E-state index contributed by atoms with van der Waals surface area (Å²) in [6, 6.07) is 34.1. The summed E-state index contributed by atoms with van der Waals surface area (Å²) in [5.74, 6) is 0. The van der Waals surface area contributed by atoms with Crippen LogP contribution in [0.3, 0.4) is 0 Å². The molecule has 4 aromatic carbocycles. The van der Waals surface area contributed by atoms with E-state index in [2.05, 4.69) is 106 Å². The van der Waals surface area contributed by atoms with Gasteiger partial charge in [0.1, 0.15) is 6.33 Å². The number of rotatable bonds is 3. The third-order valence-electron chi connectivity index (χ3n) is 7.48. The number of nitrogens with zero attached hydrogens (tertiary/aromatic N) is 5. The molecule has 0 unspecified atom stereocenters. The molecule has 0 aliphatic heterocycles. The van der Waals surface area contributed by atoms with Crippen LogP contribution in [0.25, 0.3) is 71.6 Å². The van der Waals surface area contributed by atoms with Crippen molar-refractivity contribution in [1.82, 2.24) is 24.5 Å². The fourth-order valence-electron chi connectivity index (χ4n) is 5.86. The first kappa shape index (κ1) is 21.6. The molecule has 39 heavy (non-hydrogen) atoms. The summed E-state index contributed by atoms with van der Waals surface area (Å²) in [7, 11) is 0. The number of pyridine rings is 2. The Morgan fingerprint density at radius 2 is 1.28 bits per heavy atom. The number of hydrogen-bond donors (Lipinski definition) is 0. The lowest BCUT2D eigenvalue weighted by Gasteiger charge is -2.17. The molecule has 0 fully saturated rings. The topological polar surface area (TPSA) is 56.5 Å². The predicted octanol–water partition coefficient (Wildman–Crippen LogP) is 8.00. The second-order valence-electron chi connectivity index (χ2n) is 9.59. The monoisotopic (exact) mass is 499 g/mol. The second kappa shape index (κ2) is 8.57. The molecule has 0 amide bonds. The molecule has 8 rings (SSSR count). The number of benzene rings is 4. The van der Waals surface area contributed by atoms with Gasteiger partial charge in [-0.25, -0.2) is 9.97 Å². The van der Waals surface area contributed by atoms with Gasteiger partial charge in [0.2, 0.25) is 0 Å². The number of hydrogen-bond acceptors (Lipinski definition) is 4. The standard InChI is InChI=1S/C34H21N5/c1-2-7-24(8-3-1)39-29-11-5-4-9-25(29)27-19-23(12-13-30(27)39)32-31(22-14-17-35-18-15-22)26-10-6-16-37-33(26)28-20-36-21-38-34(28)32/h1-21H. The van der Waals surface area contributed by atoms with Crippen LogP contribution in [0.5, 0.6) is 0 Å². The first-order valence-electron chi connectivity index (χ1n) is 12.9. The van der Waals surface area contributed by atoms with Crippen molar-refractivity contribution in [2.24, 2.45) is 0 Å². The summed E-state index contributed by atoms with van der Waals surface area (Å²) >= 11 is 0. The molecule has 0 saturated carbocycles. The number of aromatic nitrogens is 5. The Labute approximate surface area is 224 Å². The fourth-order valence-corrected chi connectivity index (χ4v) is 5.86. The van der Waals surface area contributed by atoms with Crippen LogP contribution in [-0.4, -0.2) is 24.5 Å². The van der Waals surface area contributed by atoms with Crippen LogP contribution in [-0.2, 0) is 0 Å². The van der Waals surface area contributed by atoms with Gasteiger partial charge in [0.05, 0.1) is 22.1 Å². The van der Waals surface area contributed by atoms with Gasteiger partial charge in [0.25, 0.3) is 0 Å². The predicted molar refractivity (Wildman–Crippen MR) is 158 cm³/mol. The average Bonchev–Trinajstić information content (AvgIpc) is 3.35. The van der Waals surface area contributed by atoms with Gasteiger partial charge in [-0.2, -0.15) is 0 Å². The van der Waals surface area contributed by atoms with Crippen molar-refractivity contribution < 1.29 is 0 Å². The molecule has 182 valence electrons. The Hall–Kier alpha value is -5.42. The zero-order valence-corrected chi connectivity index (χ0v) is 20.9. The highest BCUT2D eigenvalue weighted by molar-refractivity contribution is 6.20. The SMILES string of the molecule is c1ccc(-n2c3ccccc3c3cc(-c4c(-c5ccncc5)c5cccnc5c5cncnc45)ccc32)cc1. The van der Waals surface area contributed by atoms with Crippen LogP contribution in [0, 0.1) is 0 Å². The molecular weight excluding hydrogens is 478 g/mol. The van der Waals surface area contributed by atoms with Gasteiger partial charge in [-0.05, 0) is 59.7 Å². The number of fused-ring (bicyclic) bond motifs is 6. The van der Waals surface area contributed by atoms with Crippen LogP contribution >= 0.6 is 0 Å². The van der Waals surface area contributed by atoms with Gasteiger partial charge in [-0.1, -0.05) is 48.5 Å². The first-order chi connectivity index (χ1) is 19.4. The maximum Gasteiger partial charge on any atom is 0.116 e. The minimum atomic E-state index is 0.883. The summed E-state index contributed by atoms with van der Waals surface area (Å²) in [5, 5.41) is 4.41. The zero-order valence-electron chi connectivity index (χ0n) is 20.9. The van der Waals surface area contributed by atoms with E-state index >= 15 is 0 Å². The molecule has 0 aliphatic rings. The van der Waals surface area contributed by atoms with Crippen molar-refractivity contribution in [2.45, 2.75) is 0 Å². The van der Waals surface area contributed by atoms with Gasteiger partial charge in [0.15, 0.2) is 0 Å². The Morgan fingerprint density at radius 1 is 0.487 bits per heavy atom. The van der Waals surface area contributed by atoms with E-state index in [0.717, 1.165) is 55.3 Å². The van der Waals surface area contributed by atoms with Crippen LogP contribution in [0.1, 0.15) is 0 Å². The van der Waals surface area contributed by atoms with E-state index in [0.29, 0.717) is 0 Å². The average molecular weight is 500 g/mol. The van der Waals surface area contributed by atoms with Gasteiger partial charge in [0, 0.05) is 63.1 Å². The summed E-state index contributed by atoms with van der Waals surface area (Å²) in [6.45, 7) is 0. The Morgan fingerprint density at radius 3 is 2.18 bits per heavy atom. The Balaban J connectivity index is 1.52. The maximum absolute atomic E-state index is 4.82. The molecule has 4 aromatic heterocycles. The summed E-state index contributed by atoms with van der Waals surface area (Å²) in [6.07, 6.45) is 8.99. The van der Waals surface area contributed by atoms with E-state index in [1.807, 2.05) is 30.9 Å².